The average Bonchev–Trinajstić information content (AvgIpc) is 2.57. The third-order valence-corrected chi connectivity index (χ3v) is 3.86. The van der Waals surface area contributed by atoms with Crippen molar-refractivity contribution in [3.05, 3.63) is 34.7 Å². The lowest BCUT2D eigenvalue weighted by molar-refractivity contribution is -0.121. The predicted molar refractivity (Wildman–Crippen MR) is 73.9 cm³/mol. The number of hydrogen-bond acceptors (Lipinski definition) is 4. The molecule has 1 fully saturated rings. The van der Waals surface area contributed by atoms with E-state index < -0.39 is 0 Å². The smallest absolute Gasteiger partial charge is 0.265 e. The number of thiocarbonyl (C=S) groups is 1. The number of amides is 1. The number of likely N-dealkylation sites (N-methyl/N-ethyl adjacent to an activating group) is 1. The third kappa shape index (κ3) is 2.50. The Kier molecular flexibility index (Phi) is 3.49. The van der Waals surface area contributed by atoms with Gasteiger partial charge in [-0.25, -0.2) is 0 Å². The molecular weight excluding hydrogens is 254 g/mol. The lowest BCUT2D eigenvalue weighted by atomic mass is 10.2. The summed E-state index contributed by atoms with van der Waals surface area (Å²) in [6, 6.07) is 7.55. The molecule has 17 heavy (non-hydrogen) atoms. The summed E-state index contributed by atoms with van der Waals surface area (Å²) < 4.78 is 5.72. The van der Waals surface area contributed by atoms with Crippen LogP contribution in [-0.2, 0) is 4.79 Å². The molecule has 88 valence electrons. The predicted octanol–water partition coefficient (Wildman–Crippen LogP) is 2.53. The molecule has 0 aliphatic carbocycles. The Morgan fingerprint density at radius 1 is 1.47 bits per heavy atom. The topological polar surface area (TPSA) is 29.5 Å². The van der Waals surface area contributed by atoms with Crippen LogP contribution in [0.25, 0.3) is 6.08 Å². The maximum atomic E-state index is 11.8. The summed E-state index contributed by atoms with van der Waals surface area (Å²) in [5.41, 5.74) is 0.929. The Hall–Kier alpha value is -1.33. The van der Waals surface area contributed by atoms with Crippen LogP contribution in [0, 0.1) is 0 Å². The monoisotopic (exact) mass is 265 g/mol. The highest BCUT2D eigenvalue weighted by Crippen LogP contribution is 2.31. The number of hydrogen-bond donors (Lipinski definition) is 0. The summed E-state index contributed by atoms with van der Waals surface area (Å²) in [6.45, 7) is 0. The van der Waals surface area contributed by atoms with Crippen molar-refractivity contribution in [2.75, 3.05) is 14.2 Å². The molecular formula is C12H11NO2S2. The van der Waals surface area contributed by atoms with Gasteiger partial charge in [0.2, 0.25) is 0 Å². The molecule has 0 unspecified atom stereocenters. The van der Waals surface area contributed by atoms with Gasteiger partial charge >= 0.3 is 0 Å². The minimum absolute atomic E-state index is 0.0529. The maximum absolute atomic E-state index is 11.8. The summed E-state index contributed by atoms with van der Waals surface area (Å²) in [5.74, 6) is 0.716. The molecule has 1 aliphatic rings. The lowest BCUT2D eigenvalue weighted by Gasteiger charge is -2.03. The number of rotatable bonds is 2. The molecule has 1 heterocycles. The van der Waals surface area contributed by atoms with E-state index in [4.69, 9.17) is 17.0 Å². The van der Waals surface area contributed by atoms with Gasteiger partial charge in [-0.1, -0.05) is 36.1 Å². The highest BCUT2D eigenvalue weighted by atomic mass is 32.2. The summed E-state index contributed by atoms with van der Waals surface area (Å²) in [6.07, 6.45) is 1.82. The van der Waals surface area contributed by atoms with E-state index in [1.807, 2.05) is 30.3 Å². The molecule has 3 nitrogen and oxygen atoms in total. The number of nitrogens with zero attached hydrogens (tertiary/aromatic N) is 1. The second kappa shape index (κ2) is 4.89. The number of methoxy groups -OCH3 is 1. The van der Waals surface area contributed by atoms with Gasteiger partial charge in [-0.2, -0.15) is 0 Å². The van der Waals surface area contributed by atoms with Crippen LogP contribution in [0.15, 0.2) is 29.2 Å². The van der Waals surface area contributed by atoms with Gasteiger partial charge < -0.3 is 4.74 Å². The quantitative estimate of drug-likeness (QED) is 0.607. The summed E-state index contributed by atoms with van der Waals surface area (Å²) in [7, 11) is 3.30. The molecule has 1 aromatic carbocycles. The Morgan fingerprint density at radius 3 is 2.82 bits per heavy atom. The zero-order valence-corrected chi connectivity index (χ0v) is 11.1. The summed E-state index contributed by atoms with van der Waals surface area (Å²) in [4.78, 5) is 13.9. The molecule has 1 aromatic rings. The molecule has 0 N–H and O–H groups in total. The van der Waals surface area contributed by atoms with E-state index in [0.29, 0.717) is 9.23 Å². The molecule has 0 radical (unpaired) electrons. The van der Waals surface area contributed by atoms with E-state index in [0.717, 1.165) is 11.3 Å². The van der Waals surface area contributed by atoms with E-state index in [1.165, 1.54) is 16.7 Å². The maximum Gasteiger partial charge on any atom is 0.265 e. The second-order valence-corrected chi connectivity index (χ2v) is 5.19. The van der Waals surface area contributed by atoms with Crippen molar-refractivity contribution < 1.29 is 9.53 Å². The minimum atomic E-state index is -0.0529. The number of carbonyl (C=O) groups excluding carboxylic acids is 1. The summed E-state index contributed by atoms with van der Waals surface area (Å²) >= 11 is 6.38. The lowest BCUT2D eigenvalue weighted by Crippen LogP contribution is -2.22. The largest absolute Gasteiger partial charge is 0.497 e. The number of benzene rings is 1. The number of thioether (sulfide) groups is 1. The first kappa shape index (κ1) is 12.1. The first-order valence-electron chi connectivity index (χ1n) is 4.97. The van der Waals surface area contributed by atoms with Gasteiger partial charge in [-0.3, -0.25) is 9.69 Å². The third-order valence-electron chi connectivity index (χ3n) is 2.38. The Labute approximate surface area is 109 Å². The van der Waals surface area contributed by atoms with Crippen LogP contribution in [0.2, 0.25) is 0 Å². The van der Waals surface area contributed by atoms with Crippen molar-refractivity contribution in [3.63, 3.8) is 0 Å². The van der Waals surface area contributed by atoms with Gasteiger partial charge in [0.25, 0.3) is 5.91 Å². The van der Waals surface area contributed by atoms with Gasteiger partial charge in [0.15, 0.2) is 0 Å². The van der Waals surface area contributed by atoms with Gasteiger partial charge in [0.05, 0.1) is 12.0 Å². The van der Waals surface area contributed by atoms with Crippen LogP contribution in [0.1, 0.15) is 5.56 Å². The van der Waals surface area contributed by atoms with E-state index in [9.17, 15) is 4.79 Å². The first-order valence-corrected chi connectivity index (χ1v) is 6.20. The van der Waals surface area contributed by atoms with Crippen molar-refractivity contribution in [1.29, 1.82) is 0 Å². The van der Waals surface area contributed by atoms with Gasteiger partial charge in [-0.05, 0) is 23.8 Å². The van der Waals surface area contributed by atoms with Crippen molar-refractivity contribution in [1.82, 2.24) is 4.90 Å². The molecule has 0 atom stereocenters. The van der Waals surface area contributed by atoms with Gasteiger partial charge in [-0.15, -0.1) is 0 Å². The van der Waals surface area contributed by atoms with Gasteiger partial charge in [0, 0.05) is 7.05 Å². The van der Waals surface area contributed by atoms with Crippen LogP contribution in [0.5, 0.6) is 5.75 Å². The molecule has 1 saturated heterocycles. The van der Waals surface area contributed by atoms with Crippen molar-refractivity contribution in [2.45, 2.75) is 0 Å². The molecule has 0 bridgehead atoms. The highest BCUT2D eigenvalue weighted by Gasteiger charge is 2.28. The van der Waals surface area contributed by atoms with E-state index in [-0.39, 0.29) is 5.91 Å². The fourth-order valence-corrected chi connectivity index (χ4v) is 2.61. The number of carbonyl (C=O) groups is 1. The molecule has 0 saturated carbocycles. The van der Waals surface area contributed by atoms with Crippen LogP contribution < -0.4 is 4.74 Å². The molecule has 2 rings (SSSR count). The molecule has 1 aliphatic heterocycles. The minimum Gasteiger partial charge on any atom is -0.497 e. The number of ether oxygens (including phenoxy) is 1. The Bertz CT molecular complexity index is 511. The van der Waals surface area contributed by atoms with Crippen molar-refractivity contribution >= 4 is 40.3 Å². The fourth-order valence-electron chi connectivity index (χ4n) is 1.43. The van der Waals surface area contributed by atoms with Crippen LogP contribution in [-0.4, -0.2) is 29.3 Å². The zero-order chi connectivity index (χ0) is 12.4. The van der Waals surface area contributed by atoms with Crippen LogP contribution in [0.4, 0.5) is 0 Å². The molecule has 1 amide bonds. The van der Waals surface area contributed by atoms with E-state index in [2.05, 4.69) is 0 Å². The first-order chi connectivity index (χ1) is 8.11. The fraction of sp³-hybridized carbons (Fsp3) is 0.167. The van der Waals surface area contributed by atoms with Crippen molar-refractivity contribution in [2.24, 2.45) is 0 Å². The highest BCUT2D eigenvalue weighted by molar-refractivity contribution is 8.26. The molecule has 0 spiro atoms. The van der Waals surface area contributed by atoms with E-state index in [1.54, 1.807) is 14.2 Å². The SMILES string of the molecule is COc1cccc(C=C2SC(=S)N(C)C2=O)c1. The second-order valence-electron chi connectivity index (χ2n) is 3.52. The Morgan fingerprint density at radius 2 is 2.24 bits per heavy atom. The molecule has 0 aromatic heterocycles. The van der Waals surface area contributed by atoms with Crippen molar-refractivity contribution in [3.8, 4) is 5.75 Å². The van der Waals surface area contributed by atoms with E-state index >= 15 is 0 Å². The molecule has 5 heteroatoms. The van der Waals surface area contributed by atoms with Crippen LogP contribution in [0.3, 0.4) is 0 Å². The zero-order valence-electron chi connectivity index (χ0n) is 9.47. The standard InChI is InChI=1S/C12H11NO2S2/c1-13-11(14)10(17-12(13)16)7-8-4-3-5-9(6-8)15-2/h3-7H,1-2H3. The van der Waals surface area contributed by atoms with Gasteiger partial charge in [0.1, 0.15) is 10.1 Å². The van der Waals surface area contributed by atoms with Crippen LogP contribution >= 0.6 is 24.0 Å². The average molecular weight is 265 g/mol. The summed E-state index contributed by atoms with van der Waals surface area (Å²) in [5, 5.41) is 0. The normalized spacial score (nSPS) is 18.0. The Balaban J connectivity index is 2.30.